The van der Waals surface area contributed by atoms with Crippen LogP contribution in [-0.2, 0) is 0 Å². The molecule has 1 aromatic rings. The summed E-state index contributed by atoms with van der Waals surface area (Å²) in [6, 6.07) is 5.46. The lowest BCUT2D eigenvalue weighted by Gasteiger charge is -2.05. The molecule has 0 aliphatic rings. The standard InChI is InChI=1S/C9H10ClO/c1-3-11-9-6-7(2)4-5-8(9)10/h4-6H,2-3H2,1H3. The van der Waals surface area contributed by atoms with E-state index in [4.69, 9.17) is 16.3 Å². The van der Waals surface area contributed by atoms with Gasteiger partial charge in [0.2, 0.25) is 0 Å². The summed E-state index contributed by atoms with van der Waals surface area (Å²) in [6.07, 6.45) is 0. The Balaban J connectivity index is 2.93. The largest absolute Gasteiger partial charge is 0.492 e. The van der Waals surface area contributed by atoms with Crippen molar-refractivity contribution in [2.75, 3.05) is 6.61 Å². The number of halogens is 1. The highest BCUT2D eigenvalue weighted by Crippen LogP contribution is 2.24. The Morgan fingerprint density at radius 1 is 1.55 bits per heavy atom. The predicted octanol–water partition coefficient (Wildman–Crippen LogP) is 2.92. The Kier molecular flexibility index (Phi) is 2.77. The molecule has 0 unspecified atom stereocenters. The van der Waals surface area contributed by atoms with Gasteiger partial charge in [0, 0.05) is 0 Å². The van der Waals surface area contributed by atoms with Crippen molar-refractivity contribution in [3.8, 4) is 5.75 Å². The molecular formula is C9H10ClO. The Hall–Kier alpha value is -0.690. The molecule has 0 aromatic heterocycles. The first-order valence-corrected chi connectivity index (χ1v) is 3.86. The molecule has 1 rings (SSSR count). The fourth-order valence-electron chi connectivity index (χ4n) is 0.814. The van der Waals surface area contributed by atoms with Crippen molar-refractivity contribution in [2.24, 2.45) is 0 Å². The number of rotatable bonds is 2. The van der Waals surface area contributed by atoms with Gasteiger partial charge >= 0.3 is 0 Å². The first-order valence-electron chi connectivity index (χ1n) is 3.48. The van der Waals surface area contributed by atoms with Crippen LogP contribution in [0.15, 0.2) is 18.2 Å². The summed E-state index contributed by atoms with van der Waals surface area (Å²) in [5.41, 5.74) is 0.915. The molecule has 59 valence electrons. The minimum atomic E-state index is 0.628. The van der Waals surface area contributed by atoms with Crippen LogP contribution in [0.1, 0.15) is 12.5 Å². The lowest BCUT2D eigenvalue weighted by molar-refractivity contribution is 0.340. The van der Waals surface area contributed by atoms with Crippen LogP contribution in [0.2, 0.25) is 5.02 Å². The van der Waals surface area contributed by atoms with E-state index in [9.17, 15) is 0 Å². The van der Waals surface area contributed by atoms with Crippen LogP contribution in [0.4, 0.5) is 0 Å². The van der Waals surface area contributed by atoms with Crippen LogP contribution in [0.5, 0.6) is 5.75 Å². The Labute approximate surface area is 71.9 Å². The summed E-state index contributed by atoms with van der Waals surface area (Å²) in [6.45, 7) is 6.32. The zero-order valence-corrected chi connectivity index (χ0v) is 7.19. The number of benzene rings is 1. The zero-order valence-electron chi connectivity index (χ0n) is 6.43. The van der Waals surface area contributed by atoms with Crippen LogP contribution in [0, 0.1) is 6.92 Å². The molecule has 0 spiro atoms. The van der Waals surface area contributed by atoms with Crippen molar-refractivity contribution in [3.63, 3.8) is 0 Å². The second-order valence-electron chi connectivity index (χ2n) is 2.20. The van der Waals surface area contributed by atoms with E-state index in [0.717, 1.165) is 5.56 Å². The van der Waals surface area contributed by atoms with Crippen LogP contribution in [-0.4, -0.2) is 6.61 Å². The summed E-state index contributed by atoms with van der Waals surface area (Å²) in [5, 5.41) is 0.638. The first kappa shape index (κ1) is 8.41. The van der Waals surface area contributed by atoms with Crippen molar-refractivity contribution >= 4 is 11.6 Å². The van der Waals surface area contributed by atoms with E-state index >= 15 is 0 Å². The Bertz CT molecular complexity index is 245. The molecule has 0 aliphatic carbocycles. The van der Waals surface area contributed by atoms with Gasteiger partial charge in [-0.1, -0.05) is 17.7 Å². The minimum Gasteiger partial charge on any atom is -0.492 e. The number of hydrogen-bond acceptors (Lipinski definition) is 1. The topological polar surface area (TPSA) is 9.23 Å². The molecule has 0 N–H and O–H groups in total. The van der Waals surface area contributed by atoms with E-state index in [1.165, 1.54) is 0 Å². The van der Waals surface area contributed by atoms with E-state index in [1.807, 2.05) is 19.1 Å². The normalized spacial score (nSPS) is 9.73. The van der Waals surface area contributed by atoms with Gasteiger partial charge in [0.15, 0.2) is 0 Å². The molecule has 11 heavy (non-hydrogen) atoms. The van der Waals surface area contributed by atoms with Gasteiger partial charge in [0.25, 0.3) is 0 Å². The highest BCUT2D eigenvalue weighted by molar-refractivity contribution is 6.32. The summed E-state index contributed by atoms with van der Waals surface area (Å²) in [4.78, 5) is 0. The second kappa shape index (κ2) is 3.63. The van der Waals surface area contributed by atoms with Crippen LogP contribution in [0.25, 0.3) is 0 Å². The lowest BCUT2D eigenvalue weighted by Crippen LogP contribution is -1.92. The van der Waals surface area contributed by atoms with Gasteiger partial charge < -0.3 is 4.74 Å². The molecule has 0 atom stereocenters. The second-order valence-corrected chi connectivity index (χ2v) is 2.60. The average Bonchev–Trinajstić information content (AvgIpc) is 1.98. The molecular weight excluding hydrogens is 160 g/mol. The molecule has 0 aliphatic heterocycles. The fourth-order valence-corrected chi connectivity index (χ4v) is 0.986. The van der Waals surface area contributed by atoms with E-state index in [1.54, 1.807) is 6.07 Å². The van der Waals surface area contributed by atoms with Crippen molar-refractivity contribution < 1.29 is 4.74 Å². The van der Waals surface area contributed by atoms with Crippen molar-refractivity contribution in [1.29, 1.82) is 0 Å². The van der Waals surface area contributed by atoms with Crippen LogP contribution < -0.4 is 4.74 Å². The average molecular weight is 170 g/mol. The highest BCUT2D eigenvalue weighted by atomic mass is 35.5. The van der Waals surface area contributed by atoms with Crippen molar-refractivity contribution in [1.82, 2.24) is 0 Å². The highest BCUT2D eigenvalue weighted by Gasteiger charge is 1.98. The van der Waals surface area contributed by atoms with Gasteiger partial charge in [-0.3, -0.25) is 0 Å². The van der Waals surface area contributed by atoms with Crippen molar-refractivity contribution in [3.05, 3.63) is 35.7 Å². The fraction of sp³-hybridized carbons (Fsp3) is 0.222. The Morgan fingerprint density at radius 3 is 2.91 bits per heavy atom. The monoisotopic (exact) mass is 169 g/mol. The smallest absolute Gasteiger partial charge is 0.138 e. The van der Waals surface area contributed by atoms with Gasteiger partial charge in [-0.15, -0.1) is 0 Å². The third kappa shape index (κ3) is 2.12. The maximum atomic E-state index is 5.82. The Morgan fingerprint density at radius 2 is 2.27 bits per heavy atom. The van der Waals surface area contributed by atoms with Crippen molar-refractivity contribution in [2.45, 2.75) is 6.92 Å². The third-order valence-electron chi connectivity index (χ3n) is 1.30. The summed E-state index contributed by atoms with van der Waals surface area (Å²) in [5.74, 6) is 0.710. The SMILES string of the molecule is [CH2]c1ccc(Cl)c(OCC)c1. The maximum absolute atomic E-state index is 5.82. The van der Waals surface area contributed by atoms with Crippen LogP contribution in [0.3, 0.4) is 0 Å². The number of ether oxygens (including phenoxy) is 1. The molecule has 0 fully saturated rings. The van der Waals surface area contributed by atoms with E-state index in [-0.39, 0.29) is 0 Å². The minimum absolute atomic E-state index is 0.628. The lowest BCUT2D eigenvalue weighted by atomic mass is 10.2. The molecule has 2 heteroatoms. The van der Waals surface area contributed by atoms with Gasteiger partial charge in [0.05, 0.1) is 11.6 Å². The molecule has 0 amide bonds. The van der Waals surface area contributed by atoms with Gasteiger partial charge in [-0.25, -0.2) is 0 Å². The molecule has 0 bridgehead atoms. The molecule has 1 radical (unpaired) electrons. The quantitative estimate of drug-likeness (QED) is 0.662. The van der Waals surface area contributed by atoms with Gasteiger partial charge in [-0.2, -0.15) is 0 Å². The first-order chi connectivity index (χ1) is 5.24. The zero-order chi connectivity index (χ0) is 8.27. The van der Waals surface area contributed by atoms with E-state index < -0.39 is 0 Å². The summed E-state index contributed by atoms with van der Waals surface area (Å²) in [7, 11) is 0. The summed E-state index contributed by atoms with van der Waals surface area (Å²) >= 11 is 5.82. The molecule has 0 heterocycles. The predicted molar refractivity (Wildman–Crippen MR) is 47.1 cm³/mol. The third-order valence-corrected chi connectivity index (χ3v) is 1.61. The maximum Gasteiger partial charge on any atom is 0.138 e. The molecule has 1 aromatic carbocycles. The molecule has 0 saturated carbocycles. The molecule has 0 saturated heterocycles. The van der Waals surface area contributed by atoms with E-state index in [2.05, 4.69) is 6.92 Å². The van der Waals surface area contributed by atoms with Gasteiger partial charge in [-0.05, 0) is 31.5 Å². The van der Waals surface area contributed by atoms with Gasteiger partial charge in [0.1, 0.15) is 5.75 Å². The number of hydrogen-bond donors (Lipinski definition) is 0. The van der Waals surface area contributed by atoms with E-state index in [0.29, 0.717) is 17.4 Å². The van der Waals surface area contributed by atoms with Crippen LogP contribution >= 0.6 is 11.6 Å². The summed E-state index contributed by atoms with van der Waals surface area (Å²) < 4.78 is 5.25. The molecule has 1 nitrogen and oxygen atoms in total.